The fourth-order valence-corrected chi connectivity index (χ4v) is 1.87. The minimum atomic E-state index is -0.290. The SMILES string of the molecule is CCC(O)CCNC(=O)N1CCC(C)CC1. The summed E-state index contributed by atoms with van der Waals surface area (Å²) in [4.78, 5) is 13.6. The van der Waals surface area contributed by atoms with E-state index in [1.165, 1.54) is 0 Å². The van der Waals surface area contributed by atoms with Crippen molar-refractivity contribution in [3.05, 3.63) is 0 Å². The Morgan fingerprint density at radius 2 is 2.12 bits per heavy atom. The standard InChI is InChI=1S/C12H24N2O2/c1-3-11(15)4-7-13-12(16)14-8-5-10(2)6-9-14/h10-11,15H,3-9H2,1-2H3,(H,13,16). The molecule has 1 heterocycles. The molecule has 1 rings (SSSR count). The van der Waals surface area contributed by atoms with Crippen LogP contribution in [0.2, 0.25) is 0 Å². The molecule has 0 spiro atoms. The molecule has 4 heteroatoms. The van der Waals surface area contributed by atoms with Gasteiger partial charge in [0.15, 0.2) is 0 Å². The smallest absolute Gasteiger partial charge is 0.317 e. The predicted molar refractivity (Wildman–Crippen MR) is 64.3 cm³/mol. The summed E-state index contributed by atoms with van der Waals surface area (Å²) in [5.41, 5.74) is 0. The van der Waals surface area contributed by atoms with E-state index in [0.29, 0.717) is 13.0 Å². The molecular formula is C12H24N2O2. The normalized spacial score (nSPS) is 19.6. The Morgan fingerprint density at radius 3 is 2.69 bits per heavy atom. The third-order valence-corrected chi connectivity index (χ3v) is 3.30. The zero-order chi connectivity index (χ0) is 12.0. The summed E-state index contributed by atoms with van der Waals surface area (Å²) in [5.74, 6) is 0.742. The molecule has 0 radical (unpaired) electrons. The van der Waals surface area contributed by atoms with Gasteiger partial charge in [0.25, 0.3) is 0 Å². The summed E-state index contributed by atoms with van der Waals surface area (Å²) in [5, 5.41) is 12.2. The number of aliphatic hydroxyl groups is 1. The summed E-state index contributed by atoms with van der Waals surface area (Å²) in [6, 6.07) is 0.0233. The van der Waals surface area contributed by atoms with Gasteiger partial charge in [0.2, 0.25) is 0 Å². The summed E-state index contributed by atoms with van der Waals surface area (Å²) in [6.07, 6.45) is 3.31. The lowest BCUT2D eigenvalue weighted by molar-refractivity contribution is 0.153. The number of nitrogens with one attached hydrogen (secondary N) is 1. The highest BCUT2D eigenvalue weighted by Crippen LogP contribution is 2.15. The Hall–Kier alpha value is -0.770. The van der Waals surface area contributed by atoms with Crippen molar-refractivity contribution >= 4 is 6.03 Å². The topological polar surface area (TPSA) is 52.6 Å². The van der Waals surface area contributed by atoms with Crippen molar-refractivity contribution in [2.45, 2.75) is 45.6 Å². The zero-order valence-corrected chi connectivity index (χ0v) is 10.4. The Labute approximate surface area is 98.0 Å². The summed E-state index contributed by atoms with van der Waals surface area (Å²) in [7, 11) is 0. The first-order chi connectivity index (χ1) is 7.63. The van der Waals surface area contributed by atoms with E-state index in [4.69, 9.17) is 0 Å². The molecule has 16 heavy (non-hydrogen) atoms. The van der Waals surface area contributed by atoms with E-state index in [1.54, 1.807) is 0 Å². The molecule has 1 aliphatic heterocycles. The number of urea groups is 1. The van der Waals surface area contributed by atoms with Crippen molar-refractivity contribution in [2.24, 2.45) is 5.92 Å². The van der Waals surface area contributed by atoms with E-state index >= 15 is 0 Å². The molecule has 0 aliphatic carbocycles. The number of carbonyl (C=O) groups is 1. The number of rotatable bonds is 4. The minimum Gasteiger partial charge on any atom is -0.393 e. The second kappa shape index (κ2) is 6.74. The van der Waals surface area contributed by atoms with Crippen LogP contribution >= 0.6 is 0 Å². The Balaban J connectivity index is 2.15. The third kappa shape index (κ3) is 4.39. The van der Waals surface area contributed by atoms with Crippen molar-refractivity contribution in [3.63, 3.8) is 0 Å². The molecule has 2 amide bonds. The molecule has 94 valence electrons. The maximum Gasteiger partial charge on any atom is 0.317 e. The molecular weight excluding hydrogens is 204 g/mol. The number of likely N-dealkylation sites (tertiary alicyclic amines) is 1. The average molecular weight is 228 g/mol. The van der Waals surface area contributed by atoms with E-state index in [1.807, 2.05) is 11.8 Å². The fraction of sp³-hybridized carbons (Fsp3) is 0.917. The van der Waals surface area contributed by atoms with E-state index in [0.717, 1.165) is 38.3 Å². The molecule has 1 unspecified atom stereocenters. The second-order valence-electron chi connectivity index (χ2n) is 4.75. The molecule has 0 aromatic carbocycles. The maximum absolute atomic E-state index is 11.7. The van der Waals surface area contributed by atoms with Crippen molar-refractivity contribution in [2.75, 3.05) is 19.6 Å². The number of hydrogen-bond donors (Lipinski definition) is 2. The monoisotopic (exact) mass is 228 g/mol. The number of hydrogen-bond acceptors (Lipinski definition) is 2. The fourth-order valence-electron chi connectivity index (χ4n) is 1.87. The molecule has 0 aromatic heterocycles. The van der Waals surface area contributed by atoms with Gasteiger partial charge in [-0.2, -0.15) is 0 Å². The van der Waals surface area contributed by atoms with E-state index < -0.39 is 0 Å². The van der Waals surface area contributed by atoms with Gasteiger partial charge in [-0.1, -0.05) is 13.8 Å². The van der Waals surface area contributed by atoms with Crippen LogP contribution in [0.15, 0.2) is 0 Å². The van der Waals surface area contributed by atoms with Gasteiger partial charge in [0.1, 0.15) is 0 Å². The van der Waals surface area contributed by atoms with Crippen molar-refractivity contribution in [1.29, 1.82) is 0 Å². The van der Waals surface area contributed by atoms with Gasteiger partial charge in [0, 0.05) is 19.6 Å². The minimum absolute atomic E-state index is 0.0233. The van der Waals surface area contributed by atoms with Crippen LogP contribution in [-0.2, 0) is 0 Å². The van der Waals surface area contributed by atoms with E-state index in [2.05, 4.69) is 12.2 Å². The summed E-state index contributed by atoms with van der Waals surface area (Å²) >= 11 is 0. The average Bonchev–Trinajstić information content (AvgIpc) is 2.29. The van der Waals surface area contributed by atoms with Crippen LogP contribution < -0.4 is 5.32 Å². The largest absolute Gasteiger partial charge is 0.393 e. The molecule has 0 bridgehead atoms. The highest BCUT2D eigenvalue weighted by atomic mass is 16.3. The predicted octanol–water partition coefficient (Wildman–Crippen LogP) is 1.59. The van der Waals surface area contributed by atoms with Gasteiger partial charge >= 0.3 is 6.03 Å². The molecule has 1 aliphatic rings. The van der Waals surface area contributed by atoms with Crippen LogP contribution in [-0.4, -0.2) is 41.8 Å². The van der Waals surface area contributed by atoms with Crippen LogP contribution in [0.5, 0.6) is 0 Å². The van der Waals surface area contributed by atoms with Crippen molar-refractivity contribution in [3.8, 4) is 0 Å². The Bertz CT molecular complexity index is 213. The zero-order valence-electron chi connectivity index (χ0n) is 10.4. The molecule has 1 fully saturated rings. The van der Waals surface area contributed by atoms with E-state index in [-0.39, 0.29) is 12.1 Å². The first-order valence-electron chi connectivity index (χ1n) is 6.34. The van der Waals surface area contributed by atoms with Crippen molar-refractivity contribution < 1.29 is 9.90 Å². The highest BCUT2D eigenvalue weighted by Gasteiger charge is 2.19. The lowest BCUT2D eigenvalue weighted by atomic mass is 10.00. The summed E-state index contributed by atoms with van der Waals surface area (Å²) in [6.45, 7) is 6.47. The van der Waals surface area contributed by atoms with Crippen LogP contribution in [0.3, 0.4) is 0 Å². The van der Waals surface area contributed by atoms with Gasteiger partial charge in [-0.3, -0.25) is 0 Å². The second-order valence-corrected chi connectivity index (χ2v) is 4.75. The number of nitrogens with zero attached hydrogens (tertiary/aromatic N) is 1. The third-order valence-electron chi connectivity index (χ3n) is 3.30. The number of carbonyl (C=O) groups excluding carboxylic acids is 1. The van der Waals surface area contributed by atoms with Crippen LogP contribution in [0.25, 0.3) is 0 Å². The highest BCUT2D eigenvalue weighted by molar-refractivity contribution is 5.74. The molecule has 2 N–H and O–H groups in total. The number of aliphatic hydroxyl groups excluding tert-OH is 1. The van der Waals surface area contributed by atoms with Crippen LogP contribution in [0.4, 0.5) is 4.79 Å². The molecule has 1 saturated heterocycles. The lowest BCUT2D eigenvalue weighted by Gasteiger charge is -2.30. The van der Waals surface area contributed by atoms with Crippen LogP contribution in [0, 0.1) is 5.92 Å². The quantitative estimate of drug-likeness (QED) is 0.767. The molecule has 0 saturated carbocycles. The lowest BCUT2D eigenvalue weighted by Crippen LogP contribution is -2.44. The van der Waals surface area contributed by atoms with E-state index in [9.17, 15) is 9.90 Å². The van der Waals surface area contributed by atoms with Gasteiger partial charge in [0.05, 0.1) is 6.10 Å². The van der Waals surface area contributed by atoms with Crippen molar-refractivity contribution in [1.82, 2.24) is 10.2 Å². The summed E-state index contributed by atoms with van der Waals surface area (Å²) < 4.78 is 0. The Morgan fingerprint density at radius 1 is 1.50 bits per heavy atom. The number of amides is 2. The first-order valence-corrected chi connectivity index (χ1v) is 6.34. The number of piperidine rings is 1. The maximum atomic E-state index is 11.7. The molecule has 1 atom stereocenters. The first kappa shape index (κ1) is 13.3. The molecule has 4 nitrogen and oxygen atoms in total. The molecule has 0 aromatic rings. The van der Waals surface area contributed by atoms with Gasteiger partial charge in [-0.05, 0) is 31.6 Å². The Kier molecular flexibility index (Phi) is 5.60. The van der Waals surface area contributed by atoms with Crippen LogP contribution in [0.1, 0.15) is 39.5 Å². The van der Waals surface area contributed by atoms with Gasteiger partial charge in [-0.15, -0.1) is 0 Å². The van der Waals surface area contributed by atoms with Gasteiger partial charge < -0.3 is 15.3 Å². The van der Waals surface area contributed by atoms with Gasteiger partial charge in [-0.25, -0.2) is 4.79 Å².